The third-order valence-corrected chi connectivity index (χ3v) is 1.93. The molecule has 1 rings (SSSR count). The molecule has 0 fully saturated rings. The fraction of sp³-hybridized carbons (Fsp3) is 0.0909. The van der Waals surface area contributed by atoms with E-state index < -0.39 is 5.97 Å². The maximum Gasteiger partial charge on any atom is 0.335 e. The van der Waals surface area contributed by atoms with Crippen LogP contribution in [0.5, 0.6) is 0 Å². The van der Waals surface area contributed by atoms with E-state index in [1.165, 1.54) is 12.1 Å². The van der Waals surface area contributed by atoms with Crippen LogP contribution in [0.2, 0.25) is 5.02 Å². The minimum Gasteiger partial charge on any atom is -0.478 e. The number of carbonyl (C=O) groups is 2. The van der Waals surface area contributed by atoms with Crippen LogP contribution in [0, 0.1) is 0 Å². The first-order chi connectivity index (χ1) is 7.13. The van der Waals surface area contributed by atoms with E-state index in [9.17, 15) is 9.59 Å². The van der Waals surface area contributed by atoms with Crippen LogP contribution in [0.15, 0.2) is 24.3 Å². The monoisotopic (exact) mass is 224 g/mol. The van der Waals surface area contributed by atoms with Gasteiger partial charge in [-0.3, -0.25) is 0 Å². The summed E-state index contributed by atoms with van der Waals surface area (Å²) in [4.78, 5) is 20.8. The van der Waals surface area contributed by atoms with Crippen molar-refractivity contribution >= 4 is 29.9 Å². The zero-order chi connectivity index (χ0) is 11.3. The summed E-state index contributed by atoms with van der Waals surface area (Å²) < 4.78 is 0. The Morgan fingerprint density at radius 1 is 1.40 bits per heavy atom. The molecule has 0 spiro atoms. The maximum atomic E-state index is 10.7. The summed E-state index contributed by atoms with van der Waals surface area (Å²) in [6.07, 6.45) is 4.37. The summed E-state index contributed by atoms with van der Waals surface area (Å²) in [6.45, 7) is 0. The summed E-state index contributed by atoms with van der Waals surface area (Å²) >= 11 is 5.74. The largest absolute Gasteiger partial charge is 0.478 e. The number of rotatable bonds is 4. The van der Waals surface area contributed by atoms with Gasteiger partial charge in [0.25, 0.3) is 0 Å². The Balaban J connectivity index is 2.98. The molecule has 4 heteroatoms. The van der Waals surface area contributed by atoms with E-state index in [-0.39, 0.29) is 5.56 Å². The highest BCUT2D eigenvalue weighted by atomic mass is 35.5. The molecule has 0 aliphatic heterocycles. The highest BCUT2D eigenvalue weighted by Gasteiger charge is 2.04. The van der Waals surface area contributed by atoms with E-state index in [0.29, 0.717) is 17.0 Å². The van der Waals surface area contributed by atoms with Crippen LogP contribution in [0.4, 0.5) is 0 Å². The van der Waals surface area contributed by atoms with Crippen LogP contribution in [0.25, 0.3) is 6.08 Å². The number of hydrogen-bond acceptors (Lipinski definition) is 2. The average Bonchev–Trinajstić information content (AvgIpc) is 2.17. The molecule has 0 aliphatic carbocycles. The lowest BCUT2D eigenvalue weighted by Crippen LogP contribution is -1.96. The minimum absolute atomic E-state index is 0.133. The Kier molecular flexibility index (Phi) is 4.06. The second-order valence-corrected chi connectivity index (χ2v) is 3.32. The highest BCUT2D eigenvalue weighted by Crippen LogP contribution is 2.16. The van der Waals surface area contributed by atoms with Gasteiger partial charge in [0.05, 0.1) is 5.56 Å². The van der Waals surface area contributed by atoms with Crippen molar-refractivity contribution in [3.63, 3.8) is 0 Å². The van der Waals surface area contributed by atoms with Gasteiger partial charge in [0, 0.05) is 11.4 Å². The Morgan fingerprint density at radius 2 is 2.13 bits per heavy atom. The van der Waals surface area contributed by atoms with Crippen molar-refractivity contribution in [2.75, 3.05) is 0 Å². The topological polar surface area (TPSA) is 54.4 Å². The van der Waals surface area contributed by atoms with Gasteiger partial charge in [-0.25, -0.2) is 4.79 Å². The van der Waals surface area contributed by atoms with Gasteiger partial charge >= 0.3 is 5.97 Å². The first kappa shape index (κ1) is 11.5. The van der Waals surface area contributed by atoms with Crippen LogP contribution < -0.4 is 0 Å². The van der Waals surface area contributed by atoms with Gasteiger partial charge in [-0.05, 0) is 23.8 Å². The second-order valence-electron chi connectivity index (χ2n) is 2.88. The van der Waals surface area contributed by atoms with E-state index in [1.807, 2.05) is 0 Å². The Hall–Kier alpha value is -1.61. The van der Waals surface area contributed by atoms with Crippen molar-refractivity contribution in [2.45, 2.75) is 6.42 Å². The van der Waals surface area contributed by atoms with Gasteiger partial charge in [0.1, 0.15) is 6.29 Å². The van der Waals surface area contributed by atoms with Crippen molar-refractivity contribution in [3.8, 4) is 0 Å². The SMILES string of the molecule is O=CCC=Cc1cc(Cl)cc(C(=O)O)c1. The third-order valence-electron chi connectivity index (χ3n) is 1.71. The van der Waals surface area contributed by atoms with E-state index in [2.05, 4.69) is 0 Å². The summed E-state index contributed by atoms with van der Waals surface area (Å²) in [5.74, 6) is -1.03. The van der Waals surface area contributed by atoms with Gasteiger partial charge in [0.15, 0.2) is 0 Å². The van der Waals surface area contributed by atoms with Gasteiger partial charge in [0.2, 0.25) is 0 Å². The Bertz CT molecular complexity index is 410. The summed E-state index contributed by atoms with van der Waals surface area (Å²) in [6, 6.07) is 4.51. The van der Waals surface area contributed by atoms with Crippen LogP contribution in [0.3, 0.4) is 0 Å². The number of aldehydes is 1. The maximum absolute atomic E-state index is 10.7. The van der Waals surface area contributed by atoms with Crippen LogP contribution >= 0.6 is 11.6 Å². The number of carbonyl (C=O) groups excluding carboxylic acids is 1. The van der Waals surface area contributed by atoms with Crippen molar-refractivity contribution in [1.82, 2.24) is 0 Å². The molecule has 1 aromatic rings. The van der Waals surface area contributed by atoms with E-state index in [1.54, 1.807) is 18.2 Å². The number of carboxylic acids is 1. The van der Waals surface area contributed by atoms with Crippen molar-refractivity contribution in [1.29, 1.82) is 0 Å². The second kappa shape index (κ2) is 5.32. The van der Waals surface area contributed by atoms with E-state index >= 15 is 0 Å². The first-order valence-electron chi connectivity index (χ1n) is 4.27. The van der Waals surface area contributed by atoms with Gasteiger partial charge in [-0.15, -0.1) is 0 Å². The predicted octanol–water partition coefficient (Wildman–Crippen LogP) is 2.64. The molecule has 0 unspecified atom stereocenters. The Morgan fingerprint density at radius 3 is 2.73 bits per heavy atom. The lowest BCUT2D eigenvalue weighted by molar-refractivity contribution is -0.107. The lowest BCUT2D eigenvalue weighted by Gasteiger charge is -1.98. The van der Waals surface area contributed by atoms with Crippen molar-refractivity contribution < 1.29 is 14.7 Å². The van der Waals surface area contributed by atoms with Crippen molar-refractivity contribution in [2.24, 2.45) is 0 Å². The molecule has 0 atom stereocenters. The van der Waals surface area contributed by atoms with Crippen molar-refractivity contribution in [3.05, 3.63) is 40.4 Å². The smallest absolute Gasteiger partial charge is 0.335 e. The average molecular weight is 225 g/mol. The standard InChI is InChI=1S/C11H9ClO3/c12-10-6-8(3-1-2-4-13)5-9(7-10)11(14)15/h1,3-7H,2H2,(H,14,15). The number of halogens is 1. The fourth-order valence-electron chi connectivity index (χ4n) is 1.09. The van der Waals surface area contributed by atoms with E-state index in [4.69, 9.17) is 16.7 Å². The number of hydrogen-bond donors (Lipinski definition) is 1. The lowest BCUT2D eigenvalue weighted by atomic mass is 10.1. The minimum atomic E-state index is -1.03. The molecule has 15 heavy (non-hydrogen) atoms. The van der Waals surface area contributed by atoms with E-state index in [0.717, 1.165) is 6.29 Å². The zero-order valence-corrected chi connectivity index (χ0v) is 8.57. The fourth-order valence-corrected chi connectivity index (χ4v) is 1.34. The normalized spacial score (nSPS) is 10.5. The predicted molar refractivity (Wildman–Crippen MR) is 58.1 cm³/mol. The van der Waals surface area contributed by atoms with Crippen LogP contribution in [-0.4, -0.2) is 17.4 Å². The molecule has 1 aromatic carbocycles. The molecular formula is C11H9ClO3. The number of carboxylic acid groups (broad SMARTS) is 1. The molecule has 0 heterocycles. The zero-order valence-electron chi connectivity index (χ0n) is 7.81. The molecule has 1 N–H and O–H groups in total. The summed E-state index contributed by atoms with van der Waals surface area (Å²) in [5.41, 5.74) is 0.801. The van der Waals surface area contributed by atoms with Gasteiger partial charge in [-0.2, -0.15) is 0 Å². The summed E-state index contributed by atoms with van der Waals surface area (Å²) in [5, 5.41) is 9.13. The number of allylic oxidation sites excluding steroid dienone is 1. The molecular weight excluding hydrogens is 216 g/mol. The molecule has 0 radical (unpaired) electrons. The Labute approximate surface area is 92.0 Å². The third kappa shape index (κ3) is 3.56. The molecule has 0 saturated heterocycles. The van der Waals surface area contributed by atoms with Crippen LogP contribution in [-0.2, 0) is 4.79 Å². The molecule has 0 bridgehead atoms. The number of benzene rings is 1. The quantitative estimate of drug-likeness (QED) is 0.800. The molecule has 78 valence electrons. The molecule has 0 saturated carbocycles. The summed E-state index contributed by atoms with van der Waals surface area (Å²) in [7, 11) is 0. The van der Waals surface area contributed by atoms with Gasteiger partial charge < -0.3 is 9.90 Å². The van der Waals surface area contributed by atoms with Crippen LogP contribution in [0.1, 0.15) is 22.3 Å². The first-order valence-corrected chi connectivity index (χ1v) is 4.65. The molecule has 0 amide bonds. The molecule has 0 aromatic heterocycles. The molecule has 0 aliphatic rings. The highest BCUT2D eigenvalue weighted by molar-refractivity contribution is 6.31. The number of aromatic carboxylic acids is 1. The molecule has 3 nitrogen and oxygen atoms in total. The van der Waals surface area contributed by atoms with Gasteiger partial charge in [-0.1, -0.05) is 23.8 Å².